The van der Waals surface area contributed by atoms with Crippen LogP contribution in [0, 0.1) is 5.82 Å². The molecule has 27 heavy (non-hydrogen) atoms. The van der Waals surface area contributed by atoms with Gasteiger partial charge in [-0.05, 0) is 86.0 Å². The second-order valence-electron chi connectivity index (χ2n) is 7.83. The highest BCUT2D eigenvalue weighted by Crippen LogP contribution is 2.15. The van der Waals surface area contributed by atoms with Crippen molar-refractivity contribution >= 4 is 0 Å². The van der Waals surface area contributed by atoms with Crippen LogP contribution in [0.4, 0.5) is 4.39 Å². The second-order valence-corrected chi connectivity index (χ2v) is 7.83. The van der Waals surface area contributed by atoms with Crippen LogP contribution in [0.2, 0.25) is 0 Å². The third-order valence-electron chi connectivity index (χ3n) is 4.75. The third kappa shape index (κ3) is 11.5. The zero-order chi connectivity index (χ0) is 20.1. The Morgan fingerprint density at radius 3 is 1.67 bits per heavy atom. The van der Waals surface area contributed by atoms with Gasteiger partial charge in [-0.25, -0.2) is 4.39 Å². The molecule has 1 heterocycles. The van der Waals surface area contributed by atoms with Crippen LogP contribution in [0.3, 0.4) is 0 Å². The SMILES string of the molecule is CC(C)=CCCC(C)=CCCC(C)=CCCC(C)=CCCc1cocc1F. The van der Waals surface area contributed by atoms with Gasteiger partial charge in [0.05, 0.1) is 6.26 Å². The smallest absolute Gasteiger partial charge is 0.164 e. The van der Waals surface area contributed by atoms with Gasteiger partial charge in [-0.2, -0.15) is 0 Å². The van der Waals surface area contributed by atoms with Gasteiger partial charge in [-0.1, -0.05) is 46.6 Å². The summed E-state index contributed by atoms with van der Waals surface area (Å²) in [6.45, 7) is 10.9. The van der Waals surface area contributed by atoms with Gasteiger partial charge in [0.1, 0.15) is 6.26 Å². The van der Waals surface area contributed by atoms with Gasteiger partial charge in [0, 0.05) is 5.56 Å². The van der Waals surface area contributed by atoms with Gasteiger partial charge >= 0.3 is 0 Å². The molecule has 1 nitrogen and oxygen atoms in total. The van der Waals surface area contributed by atoms with Crippen molar-refractivity contribution in [2.24, 2.45) is 0 Å². The van der Waals surface area contributed by atoms with E-state index >= 15 is 0 Å². The van der Waals surface area contributed by atoms with Crippen molar-refractivity contribution in [3.8, 4) is 0 Å². The minimum Gasteiger partial charge on any atom is -0.469 e. The molecular weight excluding hydrogens is 335 g/mol. The Kier molecular flexibility index (Phi) is 11.5. The van der Waals surface area contributed by atoms with Crippen LogP contribution in [0.1, 0.15) is 85.1 Å². The van der Waals surface area contributed by atoms with Crippen LogP contribution >= 0.6 is 0 Å². The summed E-state index contributed by atoms with van der Waals surface area (Å²) in [5.41, 5.74) is 6.40. The predicted octanol–water partition coefficient (Wildman–Crippen LogP) is 8.50. The number of hydrogen-bond donors (Lipinski definition) is 0. The summed E-state index contributed by atoms with van der Waals surface area (Å²) < 4.78 is 18.1. The standard InChI is InChI=1S/C25H37FO/c1-20(2)10-6-11-21(3)12-7-13-22(4)14-8-15-23(5)16-9-17-24-18-27-19-25(24)26/h10,12,14,16,18-19H,6-9,11,13,15,17H2,1-5H3. The van der Waals surface area contributed by atoms with E-state index in [-0.39, 0.29) is 5.82 Å². The summed E-state index contributed by atoms with van der Waals surface area (Å²) in [6.07, 6.45) is 20.3. The summed E-state index contributed by atoms with van der Waals surface area (Å²) >= 11 is 0. The molecule has 0 aliphatic rings. The van der Waals surface area contributed by atoms with E-state index in [2.05, 4.69) is 58.9 Å². The Morgan fingerprint density at radius 2 is 1.22 bits per heavy atom. The molecule has 1 aromatic heterocycles. The van der Waals surface area contributed by atoms with E-state index in [1.165, 1.54) is 41.2 Å². The summed E-state index contributed by atoms with van der Waals surface area (Å²) in [6, 6.07) is 0. The van der Waals surface area contributed by atoms with Crippen LogP contribution in [-0.2, 0) is 6.42 Å². The molecule has 0 aromatic carbocycles. The van der Waals surface area contributed by atoms with E-state index in [0.717, 1.165) is 38.5 Å². The second kappa shape index (κ2) is 13.4. The van der Waals surface area contributed by atoms with E-state index in [4.69, 9.17) is 4.42 Å². The molecule has 150 valence electrons. The van der Waals surface area contributed by atoms with Crippen LogP contribution in [0.15, 0.2) is 63.5 Å². The molecular formula is C25H37FO. The number of halogens is 1. The molecule has 0 bridgehead atoms. The summed E-state index contributed by atoms with van der Waals surface area (Å²) in [4.78, 5) is 0. The normalized spacial score (nSPS) is 13.2. The maximum Gasteiger partial charge on any atom is 0.164 e. The Balaban J connectivity index is 2.22. The number of furan rings is 1. The first-order valence-electron chi connectivity index (χ1n) is 10.2. The molecule has 0 unspecified atom stereocenters. The maximum absolute atomic E-state index is 13.3. The lowest BCUT2D eigenvalue weighted by molar-refractivity contribution is 0.532. The largest absolute Gasteiger partial charge is 0.469 e. The van der Waals surface area contributed by atoms with E-state index < -0.39 is 0 Å². The third-order valence-corrected chi connectivity index (χ3v) is 4.75. The molecule has 0 saturated heterocycles. The first kappa shape index (κ1) is 23.2. The van der Waals surface area contributed by atoms with Gasteiger partial charge in [0.15, 0.2) is 5.82 Å². The van der Waals surface area contributed by atoms with Gasteiger partial charge in [0.2, 0.25) is 0 Å². The number of rotatable bonds is 12. The Hall–Kier alpha value is -1.83. The first-order chi connectivity index (χ1) is 12.9. The molecule has 0 atom stereocenters. The van der Waals surface area contributed by atoms with Crippen molar-refractivity contribution in [2.45, 2.75) is 86.0 Å². The lowest BCUT2D eigenvalue weighted by atomic mass is 10.0. The van der Waals surface area contributed by atoms with Crippen LogP contribution in [0.25, 0.3) is 0 Å². The molecule has 1 rings (SSSR count). The fraction of sp³-hybridized carbons (Fsp3) is 0.520. The van der Waals surface area contributed by atoms with Crippen LogP contribution in [-0.4, -0.2) is 0 Å². The Bertz CT molecular complexity index is 666. The molecule has 0 aliphatic heterocycles. The van der Waals surface area contributed by atoms with Crippen molar-refractivity contribution in [1.82, 2.24) is 0 Å². The average Bonchev–Trinajstić information content (AvgIpc) is 2.99. The topological polar surface area (TPSA) is 13.1 Å². The van der Waals surface area contributed by atoms with E-state index in [9.17, 15) is 4.39 Å². The van der Waals surface area contributed by atoms with E-state index in [1.807, 2.05) is 0 Å². The molecule has 0 radical (unpaired) electrons. The highest BCUT2D eigenvalue weighted by atomic mass is 19.1. The molecule has 0 fully saturated rings. The lowest BCUT2D eigenvalue weighted by Gasteiger charge is -2.03. The maximum atomic E-state index is 13.3. The van der Waals surface area contributed by atoms with Crippen molar-refractivity contribution in [2.75, 3.05) is 0 Å². The highest BCUT2D eigenvalue weighted by molar-refractivity contribution is 5.11. The highest BCUT2D eigenvalue weighted by Gasteiger charge is 2.02. The fourth-order valence-electron chi connectivity index (χ4n) is 2.95. The monoisotopic (exact) mass is 372 g/mol. The van der Waals surface area contributed by atoms with Crippen molar-refractivity contribution in [1.29, 1.82) is 0 Å². The van der Waals surface area contributed by atoms with E-state index in [1.54, 1.807) is 0 Å². The molecule has 0 saturated carbocycles. The summed E-state index contributed by atoms with van der Waals surface area (Å²) in [7, 11) is 0. The lowest BCUT2D eigenvalue weighted by Crippen LogP contribution is -1.85. The van der Waals surface area contributed by atoms with E-state index in [0.29, 0.717) is 12.0 Å². The molecule has 1 aromatic rings. The average molecular weight is 373 g/mol. The summed E-state index contributed by atoms with van der Waals surface area (Å²) in [5.74, 6) is -0.235. The molecule has 0 spiro atoms. The van der Waals surface area contributed by atoms with Gasteiger partial charge in [-0.15, -0.1) is 0 Å². The van der Waals surface area contributed by atoms with Crippen molar-refractivity contribution < 1.29 is 8.81 Å². The van der Waals surface area contributed by atoms with Crippen molar-refractivity contribution in [3.63, 3.8) is 0 Å². The summed E-state index contributed by atoms with van der Waals surface area (Å²) in [5, 5.41) is 0. The Morgan fingerprint density at radius 1 is 0.741 bits per heavy atom. The van der Waals surface area contributed by atoms with Gasteiger partial charge in [0.25, 0.3) is 0 Å². The Labute approximate surface area is 165 Å². The number of hydrogen-bond acceptors (Lipinski definition) is 1. The van der Waals surface area contributed by atoms with Crippen LogP contribution in [0.5, 0.6) is 0 Å². The minimum absolute atomic E-state index is 0.235. The first-order valence-corrected chi connectivity index (χ1v) is 10.2. The van der Waals surface area contributed by atoms with Gasteiger partial charge < -0.3 is 4.42 Å². The zero-order valence-electron chi connectivity index (χ0n) is 17.9. The quantitative estimate of drug-likeness (QED) is 0.335. The molecule has 0 N–H and O–H groups in total. The fourth-order valence-corrected chi connectivity index (χ4v) is 2.95. The molecule has 0 amide bonds. The zero-order valence-corrected chi connectivity index (χ0v) is 17.9. The van der Waals surface area contributed by atoms with Gasteiger partial charge in [-0.3, -0.25) is 0 Å². The number of allylic oxidation sites excluding steroid dienone is 8. The number of aryl methyl sites for hydroxylation is 1. The molecule has 2 heteroatoms. The van der Waals surface area contributed by atoms with Crippen molar-refractivity contribution in [3.05, 3.63) is 70.5 Å². The minimum atomic E-state index is -0.235. The van der Waals surface area contributed by atoms with Crippen LogP contribution < -0.4 is 0 Å². The predicted molar refractivity (Wildman–Crippen MR) is 115 cm³/mol. The molecule has 0 aliphatic carbocycles.